The van der Waals surface area contributed by atoms with E-state index in [-0.39, 0.29) is 6.10 Å². The highest BCUT2D eigenvalue weighted by Crippen LogP contribution is 1.98. The second-order valence-corrected chi connectivity index (χ2v) is 3.51. The summed E-state index contributed by atoms with van der Waals surface area (Å²) >= 11 is 0. The topological polar surface area (TPSA) is 58.6 Å². The molecule has 0 radical (unpaired) electrons. The summed E-state index contributed by atoms with van der Waals surface area (Å²) in [6.07, 6.45) is 2.50. The van der Waals surface area contributed by atoms with Crippen LogP contribution in [0.4, 0.5) is 0 Å². The molecule has 0 heterocycles. The van der Waals surface area contributed by atoms with Gasteiger partial charge in [0.1, 0.15) is 0 Å². The van der Waals surface area contributed by atoms with E-state index in [1.54, 1.807) is 6.08 Å². The second-order valence-electron chi connectivity index (χ2n) is 3.51. The Morgan fingerprint density at radius 1 is 1.53 bits per heavy atom. The van der Waals surface area contributed by atoms with E-state index in [1.165, 1.54) is 0 Å². The maximum atomic E-state index is 10.6. The van der Waals surface area contributed by atoms with Crippen LogP contribution in [0.5, 0.6) is 0 Å². The molecule has 0 unspecified atom stereocenters. The molecule has 0 bridgehead atoms. The third kappa shape index (κ3) is 8.15. The van der Waals surface area contributed by atoms with Crippen LogP contribution in [-0.4, -0.2) is 36.9 Å². The molecule has 0 saturated carbocycles. The second kappa shape index (κ2) is 8.44. The number of carboxylic acid groups (broad SMARTS) is 1. The predicted molar refractivity (Wildman–Crippen MR) is 60.0 cm³/mol. The highest BCUT2D eigenvalue weighted by molar-refractivity contribution is 5.86. The SMILES string of the molecule is CCC(=CCNCCOC(C)C)C(=O)O. The Balaban J connectivity index is 3.55. The standard InChI is InChI=1S/C11H21NO3/c1-4-10(11(13)14)5-6-12-7-8-15-9(2)3/h5,9,12H,4,6-8H2,1-3H3,(H,13,14). The number of aliphatic carboxylic acids is 1. The zero-order chi connectivity index (χ0) is 11.7. The van der Waals surface area contributed by atoms with Crippen LogP contribution in [-0.2, 0) is 9.53 Å². The fourth-order valence-electron chi connectivity index (χ4n) is 1.05. The highest BCUT2D eigenvalue weighted by atomic mass is 16.5. The van der Waals surface area contributed by atoms with Crippen LogP contribution < -0.4 is 5.32 Å². The number of carbonyl (C=O) groups is 1. The van der Waals surface area contributed by atoms with Gasteiger partial charge in [-0.2, -0.15) is 0 Å². The number of ether oxygens (including phenoxy) is 1. The average molecular weight is 215 g/mol. The lowest BCUT2D eigenvalue weighted by Gasteiger charge is -2.07. The van der Waals surface area contributed by atoms with Crippen molar-refractivity contribution in [2.75, 3.05) is 19.7 Å². The van der Waals surface area contributed by atoms with Crippen LogP contribution in [0.25, 0.3) is 0 Å². The quantitative estimate of drug-likeness (QED) is 0.475. The van der Waals surface area contributed by atoms with Crippen LogP contribution in [0.3, 0.4) is 0 Å². The number of hydrogen-bond acceptors (Lipinski definition) is 3. The van der Waals surface area contributed by atoms with Crippen molar-refractivity contribution in [3.8, 4) is 0 Å². The Morgan fingerprint density at radius 3 is 2.67 bits per heavy atom. The molecule has 0 rings (SSSR count). The normalized spacial score (nSPS) is 12.1. The first-order valence-corrected chi connectivity index (χ1v) is 5.32. The van der Waals surface area contributed by atoms with Crippen LogP contribution in [0.1, 0.15) is 27.2 Å². The maximum absolute atomic E-state index is 10.6. The zero-order valence-corrected chi connectivity index (χ0v) is 9.75. The molecule has 0 aliphatic heterocycles. The molecule has 0 aromatic rings. The minimum Gasteiger partial charge on any atom is -0.478 e. The Bertz CT molecular complexity index is 212. The molecule has 0 amide bonds. The summed E-state index contributed by atoms with van der Waals surface area (Å²) in [7, 11) is 0. The molecule has 0 spiro atoms. The first-order valence-electron chi connectivity index (χ1n) is 5.32. The minimum absolute atomic E-state index is 0.243. The molecule has 0 aliphatic rings. The number of nitrogens with one attached hydrogen (secondary N) is 1. The summed E-state index contributed by atoms with van der Waals surface area (Å²) in [5.74, 6) is -0.835. The lowest BCUT2D eigenvalue weighted by atomic mass is 10.2. The van der Waals surface area contributed by atoms with E-state index in [9.17, 15) is 4.79 Å². The van der Waals surface area contributed by atoms with E-state index in [1.807, 2.05) is 20.8 Å². The van der Waals surface area contributed by atoms with E-state index in [2.05, 4.69) is 5.32 Å². The lowest BCUT2D eigenvalue weighted by molar-refractivity contribution is -0.132. The summed E-state index contributed by atoms with van der Waals surface area (Å²) in [5, 5.41) is 11.8. The summed E-state index contributed by atoms with van der Waals surface area (Å²) < 4.78 is 5.32. The van der Waals surface area contributed by atoms with E-state index in [0.717, 1.165) is 6.54 Å². The van der Waals surface area contributed by atoms with Gasteiger partial charge in [-0.25, -0.2) is 4.79 Å². The molecule has 2 N–H and O–H groups in total. The fraction of sp³-hybridized carbons (Fsp3) is 0.727. The molecule has 4 nitrogen and oxygen atoms in total. The van der Waals surface area contributed by atoms with Crippen LogP contribution in [0.15, 0.2) is 11.6 Å². The Kier molecular flexibility index (Phi) is 7.95. The third-order valence-electron chi connectivity index (χ3n) is 1.88. The number of carboxylic acids is 1. The average Bonchev–Trinajstić information content (AvgIpc) is 2.15. The largest absolute Gasteiger partial charge is 0.478 e. The molecule has 0 saturated heterocycles. The molecule has 15 heavy (non-hydrogen) atoms. The van der Waals surface area contributed by atoms with Crippen molar-refractivity contribution in [1.29, 1.82) is 0 Å². The molecule has 0 fully saturated rings. The van der Waals surface area contributed by atoms with E-state index >= 15 is 0 Å². The van der Waals surface area contributed by atoms with Crippen molar-refractivity contribution in [3.63, 3.8) is 0 Å². The predicted octanol–water partition coefficient (Wildman–Crippen LogP) is 1.42. The van der Waals surface area contributed by atoms with Crippen LogP contribution >= 0.6 is 0 Å². The van der Waals surface area contributed by atoms with Crippen LogP contribution in [0.2, 0.25) is 0 Å². The van der Waals surface area contributed by atoms with E-state index in [0.29, 0.717) is 25.1 Å². The van der Waals surface area contributed by atoms with Gasteiger partial charge in [0.05, 0.1) is 12.7 Å². The van der Waals surface area contributed by atoms with Crippen molar-refractivity contribution >= 4 is 5.97 Å². The molecule has 0 atom stereocenters. The molecular formula is C11H21NO3. The number of hydrogen-bond donors (Lipinski definition) is 2. The van der Waals surface area contributed by atoms with Crippen molar-refractivity contribution < 1.29 is 14.6 Å². The molecule has 88 valence electrons. The van der Waals surface area contributed by atoms with Crippen molar-refractivity contribution in [1.82, 2.24) is 5.32 Å². The first kappa shape index (κ1) is 14.1. The van der Waals surface area contributed by atoms with E-state index in [4.69, 9.17) is 9.84 Å². The van der Waals surface area contributed by atoms with Crippen molar-refractivity contribution in [2.24, 2.45) is 0 Å². The van der Waals surface area contributed by atoms with Gasteiger partial charge in [-0.05, 0) is 20.3 Å². The Labute approximate surface area is 91.3 Å². The van der Waals surface area contributed by atoms with Crippen molar-refractivity contribution in [3.05, 3.63) is 11.6 Å². The first-order chi connectivity index (χ1) is 7.07. The van der Waals surface area contributed by atoms with Gasteiger partial charge < -0.3 is 15.2 Å². The van der Waals surface area contributed by atoms with Gasteiger partial charge in [0.2, 0.25) is 0 Å². The summed E-state index contributed by atoms with van der Waals surface area (Å²) in [5.41, 5.74) is 0.451. The van der Waals surface area contributed by atoms with Gasteiger partial charge in [0.25, 0.3) is 0 Å². The van der Waals surface area contributed by atoms with Gasteiger partial charge in [0, 0.05) is 18.7 Å². The summed E-state index contributed by atoms with van der Waals surface area (Å²) in [6.45, 7) is 7.78. The molecule has 0 aromatic carbocycles. The van der Waals surface area contributed by atoms with Crippen LogP contribution in [0, 0.1) is 0 Å². The van der Waals surface area contributed by atoms with Gasteiger partial charge in [-0.3, -0.25) is 0 Å². The summed E-state index contributed by atoms with van der Waals surface area (Å²) in [6, 6.07) is 0. The molecule has 0 aromatic heterocycles. The van der Waals surface area contributed by atoms with Gasteiger partial charge in [-0.1, -0.05) is 13.0 Å². The highest BCUT2D eigenvalue weighted by Gasteiger charge is 2.02. The molecular weight excluding hydrogens is 194 g/mol. The monoisotopic (exact) mass is 215 g/mol. The zero-order valence-electron chi connectivity index (χ0n) is 9.75. The fourth-order valence-corrected chi connectivity index (χ4v) is 1.05. The lowest BCUT2D eigenvalue weighted by Crippen LogP contribution is -2.22. The van der Waals surface area contributed by atoms with E-state index < -0.39 is 5.97 Å². The Hall–Kier alpha value is -0.870. The Morgan fingerprint density at radius 2 is 2.20 bits per heavy atom. The molecule has 4 heteroatoms. The number of rotatable bonds is 8. The van der Waals surface area contributed by atoms with Gasteiger partial charge in [-0.15, -0.1) is 0 Å². The molecule has 0 aliphatic carbocycles. The van der Waals surface area contributed by atoms with Crippen molar-refractivity contribution in [2.45, 2.75) is 33.3 Å². The van der Waals surface area contributed by atoms with Gasteiger partial charge >= 0.3 is 5.97 Å². The smallest absolute Gasteiger partial charge is 0.331 e. The third-order valence-corrected chi connectivity index (χ3v) is 1.88. The van der Waals surface area contributed by atoms with Gasteiger partial charge in [0.15, 0.2) is 0 Å². The minimum atomic E-state index is -0.835. The summed E-state index contributed by atoms with van der Waals surface area (Å²) in [4.78, 5) is 10.6. The maximum Gasteiger partial charge on any atom is 0.331 e.